The number of ether oxygens (including phenoxy) is 1. The maximum Gasteiger partial charge on any atom is 0.330 e. The van der Waals surface area contributed by atoms with E-state index in [-0.39, 0.29) is 6.42 Å². The predicted octanol–water partition coefficient (Wildman–Crippen LogP) is 4.99. The minimum absolute atomic E-state index is 0.272. The van der Waals surface area contributed by atoms with Gasteiger partial charge < -0.3 is 10.1 Å². The third-order valence-electron chi connectivity index (χ3n) is 3.16. The Kier molecular flexibility index (Phi) is 13.8. The van der Waals surface area contributed by atoms with Gasteiger partial charge in [0.1, 0.15) is 6.04 Å². The van der Waals surface area contributed by atoms with Crippen LogP contribution in [0, 0.1) is 5.41 Å². The Morgan fingerprint density at radius 3 is 2.38 bits per heavy atom. The molecular formula is C18H30F2N2O2. The lowest BCUT2D eigenvalue weighted by atomic mass is 10.0. The van der Waals surface area contributed by atoms with Crippen LogP contribution in [0.3, 0.4) is 0 Å². The lowest BCUT2D eigenvalue weighted by Crippen LogP contribution is -2.19. The summed E-state index contributed by atoms with van der Waals surface area (Å²) < 4.78 is 30.8. The van der Waals surface area contributed by atoms with Gasteiger partial charge in [-0.15, -0.1) is 0 Å². The number of alkyl halides is 2. The number of unbranched alkanes of at least 4 members (excludes halogenated alkanes) is 1. The van der Waals surface area contributed by atoms with Gasteiger partial charge >= 0.3 is 5.97 Å². The molecule has 1 atom stereocenters. The number of hydrogen-bond donors (Lipinski definition) is 1. The number of halogens is 2. The van der Waals surface area contributed by atoms with E-state index < -0.39 is 17.9 Å². The van der Waals surface area contributed by atoms with E-state index in [1.807, 2.05) is 13.8 Å². The fourth-order valence-corrected chi connectivity index (χ4v) is 1.83. The van der Waals surface area contributed by atoms with Crippen LogP contribution in [-0.4, -0.2) is 37.0 Å². The van der Waals surface area contributed by atoms with E-state index in [2.05, 4.69) is 16.3 Å². The number of aliphatic imine (C=N–C) groups is 1. The van der Waals surface area contributed by atoms with Crippen molar-refractivity contribution < 1.29 is 18.3 Å². The number of carbonyl (C=O) groups excluding carboxylic acids is 1. The minimum Gasteiger partial charge on any atom is -0.467 e. The molecule has 0 heterocycles. The van der Waals surface area contributed by atoms with Gasteiger partial charge in [-0.05, 0) is 39.2 Å². The third kappa shape index (κ3) is 10.0. The second kappa shape index (κ2) is 13.6. The highest BCUT2D eigenvalue weighted by Crippen LogP contribution is 2.23. The zero-order valence-corrected chi connectivity index (χ0v) is 15.4. The summed E-state index contributed by atoms with van der Waals surface area (Å²) >= 11 is 0. The molecule has 0 fully saturated rings. The highest BCUT2D eigenvalue weighted by Gasteiger charge is 2.23. The van der Waals surface area contributed by atoms with E-state index in [9.17, 15) is 13.6 Å². The van der Waals surface area contributed by atoms with Crippen LogP contribution >= 0.6 is 0 Å². The summed E-state index contributed by atoms with van der Waals surface area (Å²) in [7, 11) is 1.28. The molecule has 0 bridgehead atoms. The summed E-state index contributed by atoms with van der Waals surface area (Å²) in [5.74, 6) is -3.34. The molecule has 1 unspecified atom stereocenters. The SMILES string of the molecule is C=CC(F)(F)CCCCC(=NC(C)C(=O)OC)/C(C=N)=C\C.CC. The summed E-state index contributed by atoms with van der Waals surface area (Å²) in [6.45, 7) is 10.5. The molecule has 0 saturated heterocycles. The summed E-state index contributed by atoms with van der Waals surface area (Å²) in [6, 6.07) is -0.690. The molecule has 0 aromatic heterocycles. The molecule has 0 radical (unpaired) electrons. The molecule has 0 aliphatic heterocycles. The van der Waals surface area contributed by atoms with Crippen molar-refractivity contribution >= 4 is 17.9 Å². The van der Waals surface area contributed by atoms with Crippen LogP contribution in [0.1, 0.15) is 53.4 Å². The first-order valence-electron chi connectivity index (χ1n) is 8.14. The Morgan fingerprint density at radius 2 is 1.96 bits per heavy atom. The van der Waals surface area contributed by atoms with Crippen molar-refractivity contribution in [2.24, 2.45) is 4.99 Å². The first kappa shape index (κ1) is 24.4. The maximum absolute atomic E-state index is 13.1. The molecule has 24 heavy (non-hydrogen) atoms. The molecule has 0 amide bonds. The van der Waals surface area contributed by atoms with E-state index in [0.717, 1.165) is 6.21 Å². The van der Waals surface area contributed by atoms with Crippen molar-refractivity contribution in [2.75, 3.05) is 7.11 Å². The van der Waals surface area contributed by atoms with Crippen molar-refractivity contribution in [3.8, 4) is 0 Å². The summed E-state index contributed by atoms with van der Waals surface area (Å²) in [4.78, 5) is 15.7. The minimum atomic E-state index is -2.86. The largest absolute Gasteiger partial charge is 0.467 e. The van der Waals surface area contributed by atoms with Crippen LogP contribution in [0.5, 0.6) is 0 Å². The number of methoxy groups -OCH3 is 1. The first-order chi connectivity index (χ1) is 11.3. The Bertz CT molecular complexity index is 458. The highest BCUT2D eigenvalue weighted by molar-refractivity contribution is 6.15. The molecule has 6 heteroatoms. The lowest BCUT2D eigenvalue weighted by molar-refractivity contribution is -0.141. The van der Waals surface area contributed by atoms with Gasteiger partial charge in [-0.25, -0.2) is 13.6 Å². The van der Waals surface area contributed by atoms with Gasteiger partial charge in [0.25, 0.3) is 5.92 Å². The van der Waals surface area contributed by atoms with Crippen molar-refractivity contribution in [2.45, 2.75) is 65.3 Å². The third-order valence-corrected chi connectivity index (χ3v) is 3.16. The Balaban J connectivity index is 0. The van der Waals surface area contributed by atoms with E-state index in [1.165, 1.54) is 7.11 Å². The number of nitrogens with zero attached hydrogens (tertiary/aromatic N) is 1. The standard InChI is InChI=1S/C16H24F2N2O2.C2H6/c1-5-13(11-19)14(20-12(3)15(21)22-4)9-7-8-10-16(17,18)6-2;1-2/h5-6,11-12,19H,2,7-10H2,1,3-4H3;1-2H3/b13-5-,19-11?,20-14?;. The molecule has 138 valence electrons. The predicted molar refractivity (Wildman–Crippen MR) is 96.4 cm³/mol. The molecule has 0 aliphatic carbocycles. The molecule has 4 nitrogen and oxygen atoms in total. The van der Waals surface area contributed by atoms with Gasteiger partial charge in [0, 0.05) is 23.9 Å². The highest BCUT2D eigenvalue weighted by atomic mass is 19.3. The fourth-order valence-electron chi connectivity index (χ4n) is 1.83. The van der Waals surface area contributed by atoms with E-state index in [0.29, 0.717) is 36.6 Å². The number of carbonyl (C=O) groups is 1. The van der Waals surface area contributed by atoms with Crippen molar-refractivity contribution in [3.05, 3.63) is 24.3 Å². The Labute approximate surface area is 144 Å². The van der Waals surface area contributed by atoms with Gasteiger partial charge in [-0.2, -0.15) is 0 Å². The van der Waals surface area contributed by atoms with Crippen LogP contribution in [0.25, 0.3) is 0 Å². The van der Waals surface area contributed by atoms with Crippen LogP contribution in [0.2, 0.25) is 0 Å². The van der Waals surface area contributed by atoms with Crippen LogP contribution < -0.4 is 0 Å². The van der Waals surface area contributed by atoms with Crippen molar-refractivity contribution in [1.29, 1.82) is 5.41 Å². The molecule has 0 saturated carbocycles. The number of rotatable bonds is 10. The maximum atomic E-state index is 13.1. The summed E-state index contributed by atoms with van der Waals surface area (Å²) in [6.07, 6.45) is 4.43. The van der Waals surface area contributed by atoms with Gasteiger partial charge in [0.05, 0.1) is 7.11 Å². The number of allylic oxidation sites excluding steroid dienone is 3. The second-order valence-corrected chi connectivity index (χ2v) is 4.84. The zero-order valence-electron chi connectivity index (χ0n) is 15.4. The number of nitrogens with one attached hydrogen (secondary N) is 1. The second-order valence-electron chi connectivity index (χ2n) is 4.84. The fraction of sp³-hybridized carbons (Fsp3) is 0.611. The molecule has 0 aromatic carbocycles. The lowest BCUT2D eigenvalue weighted by Gasteiger charge is -2.13. The summed E-state index contributed by atoms with van der Waals surface area (Å²) in [5, 5.41) is 7.37. The van der Waals surface area contributed by atoms with Gasteiger partial charge in [-0.3, -0.25) is 4.99 Å². The van der Waals surface area contributed by atoms with Gasteiger partial charge in [0.15, 0.2) is 0 Å². The monoisotopic (exact) mass is 344 g/mol. The molecule has 0 aromatic rings. The molecule has 0 aliphatic rings. The van der Waals surface area contributed by atoms with E-state index >= 15 is 0 Å². The zero-order chi connectivity index (χ0) is 19.2. The van der Waals surface area contributed by atoms with Crippen LogP contribution in [-0.2, 0) is 9.53 Å². The molecule has 0 spiro atoms. The van der Waals surface area contributed by atoms with Crippen molar-refractivity contribution in [1.82, 2.24) is 0 Å². The molecule has 1 N–H and O–H groups in total. The Hall–Kier alpha value is -1.85. The molecule has 0 rings (SSSR count). The number of hydrogen-bond acceptors (Lipinski definition) is 4. The smallest absolute Gasteiger partial charge is 0.330 e. The van der Waals surface area contributed by atoms with Crippen LogP contribution in [0.4, 0.5) is 8.78 Å². The average molecular weight is 344 g/mol. The van der Waals surface area contributed by atoms with Gasteiger partial charge in [-0.1, -0.05) is 26.5 Å². The van der Waals surface area contributed by atoms with Gasteiger partial charge in [0.2, 0.25) is 0 Å². The van der Waals surface area contributed by atoms with E-state index in [4.69, 9.17) is 5.41 Å². The first-order valence-corrected chi connectivity index (χ1v) is 8.14. The van der Waals surface area contributed by atoms with Crippen LogP contribution in [0.15, 0.2) is 29.3 Å². The normalized spacial score (nSPS) is 13.5. The average Bonchev–Trinajstić information content (AvgIpc) is 2.60. The Morgan fingerprint density at radius 1 is 1.38 bits per heavy atom. The van der Waals surface area contributed by atoms with E-state index in [1.54, 1.807) is 19.9 Å². The topological polar surface area (TPSA) is 62.5 Å². The quantitative estimate of drug-likeness (QED) is 0.262. The summed E-state index contributed by atoms with van der Waals surface area (Å²) in [5.41, 5.74) is 1.13. The number of esters is 1. The van der Waals surface area contributed by atoms with Crippen molar-refractivity contribution in [3.63, 3.8) is 0 Å². The molecular weight excluding hydrogens is 314 g/mol.